The van der Waals surface area contributed by atoms with Gasteiger partial charge in [0.15, 0.2) is 0 Å². The van der Waals surface area contributed by atoms with Crippen molar-refractivity contribution in [3.63, 3.8) is 0 Å². The summed E-state index contributed by atoms with van der Waals surface area (Å²) in [5, 5.41) is 13.1. The Kier molecular flexibility index (Phi) is 9.03. The lowest BCUT2D eigenvalue weighted by atomic mass is 9.98. The molecule has 0 saturated carbocycles. The monoisotopic (exact) mass is 549 g/mol. The Bertz CT molecular complexity index is 913. The number of rotatable bonds is 9. The Morgan fingerprint density at radius 1 is 1.27 bits per heavy atom. The molecule has 182 valence electrons. The number of Topliss-reactive ketones (excluding diaryl/α,β-unsaturated/α-hetero) is 1. The lowest BCUT2D eigenvalue weighted by Crippen LogP contribution is -2.71. The van der Waals surface area contributed by atoms with Crippen LogP contribution in [0.2, 0.25) is 0 Å². The summed E-state index contributed by atoms with van der Waals surface area (Å²) in [7, 11) is 1.43. The molecule has 0 radical (unpaired) electrons. The maximum Gasteiger partial charge on any atom is 0.358 e. The summed E-state index contributed by atoms with van der Waals surface area (Å²) in [4.78, 5) is 62.5. The van der Waals surface area contributed by atoms with E-state index in [0.29, 0.717) is 11.3 Å². The van der Waals surface area contributed by atoms with E-state index in [0.717, 1.165) is 4.90 Å². The molecule has 2 heterocycles. The number of alkyl halides is 1. The van der Waals surface area contributed by atoms with Gasteiger partial charge in [-0.05, 0) is 26.3 Å². The number of ether oxygens (including phenoxy) is 3. The minimum absolute atomic E-state index is 0.0494. The highest BCUT2D eigenvalue weighted by Crippen LogP contribution is 2.40. The second-order valence-electron chi connectivity index (χ2n) is 7.98. The van der Waals surface area contributed by atoms with Gasteiger partial charge in [-0.2, -0.15) is 0 Å². The largest absolute Gasteiger partial charge is 0.427 e. The van der Waals surface area contributed by atoms with Gasteiger partial charge < -0.3 is 24.7 Å². The molecule has 2 N–H and O–H groups in total. The van der Waals surface area contributed by atoms with Gasteiger partial charge in [-0.3, -0.25) is 24.1 Å². The van der Waals surface area contributed by atoms with E-state index in [1.54, 1.807) is 20.8 Å². The van der Waals surface area contributed by atoms with Crippen molar-refractivity contribution in [2.24, 2.45) is 10.6 Å². The molecule has 1 saturated heterocycles. The van der Waals surface area contributed by atoms with Crippen molar-refractivity contribution in [2.75, 3.05) is 31.6 Å². The quantitative estimate of drug-likeness (QED) is 0.0592. The molecule has 2 amide bonds. The number of nitrogens with zero attached hydrogens (tertiary/aromatic N) is 2. The molecule has 0 aromatic carbocycles. The maximum absolute atomic E-state index is 12.8. The third-order valence-corrected chi connectivity index (χ3v) is 6.39. The van der Waals surface area contributed by atoms with Crippen molar-refractivity contribution in [1.82, 2.24) is 10.2 Å². The van der Waals surface area contributed by atoms with E-state index in [-0.39, 0.29) is 17.6 Å². The number of nitrogens with one attached hydrogen (secondary N) is 1. The van der Waals surface area contributed by atoms with Gasteiger partial charge in [-0.15, -0.1) is 11.8 Å². The zero-order valence-electron chi connectivity index (χ0n) is 18.4. The summed E-state index contributed by atoms with van der Waals surface area (Å²) in [5.41, 5.74) is -1.12. The zero-order valence-corrected chi connectivity index (χ0v) is 20.8. The van der Waals surface area contributed by atoms with E-state index in [2.05, 4.69) is 26.4 Å². The lowest BCUT2D eigenvalue weighted by Gasteiger charge is -2.49. The molecule has 0 aromatic rings. The second-order valence-corrected chi connectivity index (χ2v) is 9.65. The maximum atomic E-state index is 12.8. The normalized spacial score (nSPS) is 20.6. The first-order valence-electron chi connectivity index (χ1n) is 9.60. The lowest BCUT2D eigenvalue weighted by molar-refractivity contribution is -0.173. The van der Waals surface area contributed by atoms with Gasteiger partial charge in [0.1, 0.15) is 17.1 Å². The molecular formula is C19H24BrN3O9S. The van der Waals surface area contributed by atoms with Crippen molar-refractivity contribution in [2.45, 2.75) is 32.2 Å². The Morgan fingerprint density at radius 2 is 1.94 bits per heavy atom. The topological polar surface area (TPSA) is 161 Å². The molecule has 0 aliphatic carbocycles. The molecule has 2 rings (SSSR count). The van der Waals surface area contributed by atoms with Crippen LogP contribution in [0.1, 0.15) is 20.8 Å². The van der Waals surface area contributed by atoms with E-state index < -0.39 is 58.9 Å². The SMILES string of the molecule is COCC1=C(C(=O)OCOC(=O)C(C)(C)C)N2C(=O)C(NC(=O)C(=NO)C(=O)CBr)[C@@H]2SC1. The number of carbonyl (C=O) groups is 5. The van der Waals surface area contributed by atoms with Crippen molar-refractivity contribution >= 4 is 62.9 Å². The number of thioether (sulfide) groups is 1. The zero-order chi connectivity index (χ0) is 24.9. The molecular weight excluding hydrogens is 526 g/mol. The van der Waals surface area contributed by atoms with Crippen LogP contribution in [-0.4, -0.2) is 88.4 Å². The highest BCUT2D eigenvalue weighted by molar-refractivity contribution is 9.09. The number of β-lactam (4-membered cyclic amide) rings is 1. The first-order chi connectivity index (χ1) is 15.5. The molecule has 2 atom stereocenters. The minimum Gasteiger partial charge on any atom is -0.427 e. The number of oxime groups is 1. The number of amides is 2. The number of hydrogen-bond acceptors (Lipinski definition) is 11. The van der Waals surface area contributed by atoms with E-state index in [9.17, 15) is 24.0 Å². The van der Waals surface area contributed by atoms with Crippen LogP contribution in [0.25, 0.3) is 0 Å². The van der Waals surface area contributed by atoms with Crippen LogP contribution in [0.5, 0.6) is 0 Å². The van der Waals surface area contributed by atoms with Gasteiger partial charge in [-0.25, -0.2) is 4.79 Å². The van der Waals surface area contributed by atoms with Crippen LogP contribution >= 0.6 is 27.7 Å². The van der Waals surface area contributed by atoms with E-state index in [1.807, 2.05) is 0 Å². The second kappa shape index (κ2) is 11.1. The number of carbonyl (C=O) groups excluding carboxylic acids is 5. The number of halogens is 1. The van der Waals surface area contributed by atoms with Gasteiger partial charge >= 0.3 is 11.9 Å². The van der Waals surface area contributed by atoms with Gasteiger partial charge in [0.05, 0.1) is 17.4 Å². The number of esters is 2. The van der Waals surface area contributed by atoms with E-state index >= 15 is 0 Å². The smallest absolute Gasteiger partial charge is 0.358 e. The summed E-state index contributed by atoms with van der Waals surface area (Å²) in [5.74, 6) is -3.59. The Balaban J connectivity index is 2.14. The standard InChI is InChI=1S/C19H24BrN3O9S/c1-19(2,3)18(28)32-8-31-17(27)13-9(6-30-4)7-33-16-12(15(26)23(13)16)21-14(25)11(22-29)10(24)5-20/h12,16,29H,5-8H2,1-4H3,(H,21,25)/t12?,16-/m0/s1. The molecule has 2 aliphatic rings. The molecule has 2 aliphatic heterocycles. The molecule has 33 heavy (non-hydrogen) atoms. The van der Waals surface area contributed by atoms with Crippen molar-refractivity contribution < 1.29 is 43.4 Å². The fourth-order valence-electron chi connectivity index (χ4n) is 2.88. The third kappa shape index (κ3) is 5.92. The van der Waals surface area contributed by atoms with Gasteiger partial charge in [-0.1, -0.05) is 21.1 Å². The van der Waals surface area contributed by atoms with Crippen LogP contribution in [0, 0.1) is 5.41 Å². The predicted molar refractivity (Wildman–Crippen MR) is 118 cm³/mol. The van der Waals surface area contributed by atoms with Gasteiger partial charge in [0, 0.05) is 12.9 Å². The summed E-state index contributed by atoms with van der Waals surface area (Å²) in [6, 6.07) is -1.06. The van der Waals surface area contributed by atoms with Crippen LogP contribution < -0.4 is 5.32 Å². The number of hydrogen-bond donors (Lipinski definition) is 2. The molecule has 1 unspecified atom stereocenters. The highest BCUT2D eigenvalue weighted by Gasteiger charge is 2.54. The summed E-state index contributed by atoms with van der Waals surface area (Å²) < 4.78 is 15.1. The molecule has 12 nitrogen and oxygen atoms in total. The van der Waals surface area contributed by atoms with Gasteiger partial charge in [0.25, 0.3) is 11.8 Å². The molecule has 0 bridgehead atoms. The van der Waals surface area contributed by atoms with Crippen LogP contribution in [-0.2, 0) is 38.2 Å². The summed E-state index contributed by atoms with van der Waals surface area (Å²) >= 11 is 4.14. The summed E-state index contributed by atoms with van der Waals surface area (Å²) in [6.07, 6.45) is 0. The predicted octanol–water partition coefficient (Wildman–Crippen LogP) is 0.171. The fourth-order valence-corrected chi connectivity index (χ4v) is 4.47. The van der Waals surface area contributed by atoms with Crippen molar-refractivity contribution in [3.05, 3.63) is 11.3 Å². The van der Waals surface area contributed by atoms with Crippen LogP contribution in [0.4, 0.5) is 0 Å². The average Bonchev–Trinajstić information content (AvgIpc) is 2.76. The molecule has 1 fully saturated rings. The van der Waals surface area contributed by atoms with Crippen molar-refractivity contribution in [3.8, 4) is 0 Å². The Morgan fingerprint density at radius 3 is 2.48 bits per heavy atom. The third-order valence-electron chi connectivity index (χ3n) is 4.54. The number of ketones is 1. The van der Waals surface area contributed by atoms with Crippen LogP contribution in [0.15, 0.2) is 16.4 Å². The first kappa shape index (κ1) is 26.8. The summed E-state index contributed by atoms with van der Waals surface area (Å²) in [6.45, 7) is 4.35. The molecule has 14 heteroatoms. The highest BCUT2D eigenvalue weighted by atomic mass is 79.9. The molecule has 0 aromatic heterocycles. The minimum atomic E-state index is -1.06. The fraction of sp³-hybridized carbons (Fsp3) is 0.579. The van der Waals surface area contributed by atoms with E-state index in [1.165, 1.54) is 18.9 Å². The Hall–Kier alpha value is -2.45. The average molecular weight is 550 g/mol. The van der Waals surface area contributed by atoms with Crippen LogP contribution in [0.3, 0.4) is 0 Å². The number of fused-ring (bicyclic) bond motifs is 1. The van der Waals surface area contributed by atoms with Crippen molar-refractivity contribution in [1.29, 1.82) is 0 Å². The molecule has 0 spiro atoms. The van der Waals surface area contributed by atoms with Gasteiger partial charge in [0.2, 0.25) is 18.3 Å². The Labute approximate surface area is 202 Å². The van der Waals surface area contributed by atoms with E-state index in [4.69, 9.17) is 19.4 Å². The number of methoxy groups -OCH3 is 1. The first-order valence-corrected chi connectivity index (χ1v) is 11.8.